The first kappa shape index (κ1) is 21.0. The van der Waals surface area contributed by atoms with Crippen LogP contribution in [0.15, 0.2) is 24.3 Å². The van der Waals surface area contributed by atoms with Gasteiger partial charge in [0.1, 0.15) is 0 Å². The van der Waals surface area contributed by atoms with Gasteiger partial charge in [-0.2, -0.15) is 0 Å². The molecule has 0 aromatic heterocycles. The lowest BCUT2D eigenvalue weighted by Gasteiger charge is -2.26. The Morgan fingerprint density at radius 3 is 2.00 bits per heavy atom. The van der Waals surface area contributed by atoms with Gasteiger partial charge in [-0.25, -0.2) is 0 Å². The number of anilines is 1. The Bertz CT molecular complexity index is 447. The predicted molar refractivity (Wildman–Crippen MR) is 112 cm³/mol. The standard InChI is InChI=1S/C21H36N2S/c1-4-7-9-13-17-23(18-14-10-8-5-2)21(24)22-20-16-12-11-15-19(20)6-3/h11-12,15-16H,4-10,13-14,17-18H2,1-3H3,(H,22,24). The number of aryl methyl sites for hydroxylation is 1. The van der Waals surface area contributed by atoms with Crippen molar-refractivity contribution in [1.82, 2.24) is 4.90 Å². The summed E-state index contributed by atoms with van der Waals surface area (Å²) in [7, 11) is 0. The fourth-order valence-electron chi connectivity index (χ4n) is 2.92. The van der Waals surface area contributed by atoms with Gasteiger partial charge in [-0.3, -0.25) is 0 Å². The minimum absolute atomic E-state index is 0.892. The van der Waals surface area contributed by atoms with Gasteiger partial charge in [0, 0.05) is 18.8 Å². The van der Waals surface area contributed by atoms with Crippen LogP contribution in [0.4, 0.5) is 5.69 Å². The summed E-state index contributed by atoms with van der Waals surface area (Å²) in [4.78, 5) is 2.38. The summed E-state index contributed by atoms with van der Waals surface area (Å²) in [5, 5.41) is 4.39. The number of unbranched alkanes of at least 4 members (excludes halogenated alkanes) is 6. The molecule has 136 valence electrons. The SMILES string of the molecule is CCCCCCN(CCCCCC)C(=S)Nc1ccccc1CC. The first-order valence-electron chi connectivity index (χ1n) is 9.86. The molecule has 0 aliphatic rings. The van der Waals surface area contributed by atoms with E-state index in [1.165, 1.54) is 56.9 Å². The first-order chi connectivity index (χ1) is 11.7. The third-order valence-corrected chi connectivity index (χ3v) is 4.85. The maximum absolute atomic E-state index is 5.74. The van der Waals surface area contributed by atoms with E-state index in [9.17, 15) is 0 Å². The predicted octanol–water partition coefficient (Wildman–Crippen LogP) is 6.41. The van der Waals surface area contributed by atoms with Crippen molar-refractivity contribution in [2.75, 3.05) is 18.4 Å². The van der Waals surface area contributed by atoms with E-state index in [4.69, 9.17) is 12.2 Å². The van der Waals surface area contributed by atoms with Gasteiger partial charge in [0.2, 0.25) is 0 Å². The number of thiocarbonyl (C=S) groups is 1. The van der Waals surface area contributed by atoms with Crippen molar-refractivity contribution in [1.29, 1.82) is 0 Å². The molecule has 0 radical (unpaired) electrons. The molecule has 1 aromatic rings. The third kappa shape index (κ3) is 8.14. The second kappa shape index (κ2) is 13.2. The lowest BCUT2D eigenvalue weighted by Crippen LogP contribution is -2.36. The van der Waals surface area contributed by atoms with Crippen LogP contribution in [0.3, 0.4) is 0 Å². The monoisotopic (exact) mass is 348 g/mol. The highest BCUT2D eigenvalue weighted by Gasteiger charge is 2.11. The van der Waals surface area contributed by atoms with Crippen LogP contribution in [0.1, 0.15) is 77.7 Å². The fraction of sp³-hybridized carbons (Fsp3) is 0.667. The molecule has 0 heterocycles. The van der Waals surface area contributed by atoms with E-state index >= 15 is 0 Å². The fourth-order valence-corrected chi connectivity index (χ4v) is 3.21. The summed E-state index contributed by atoms with van der Waals surface area (Å²) in [5.41, 5.74) is 2.49. The van der Waals surface area contributed by atoms with Gasteiger partial charge < -0.3 is 10.2 Å². The van der Waals surface area contributed by atoms with Crippen molar-refractivity contribution in [3.8, 4) is 0 Å². The van der Waals surface area contributed by atoms with E-state index in [1.54, 1.807) is 0 Å². The van der Waals surface area contributed by atoms with E-state index in [0.717, 1.165) is 30.3 Å². The molecule has 0 saturated heterocycles. The lowest BCUT2D eigenvalue weighted by atomic mass is 10.1. The van der Waals surface area contributed by atoms with Crippen LogP contribution < -0.4 is 5.32 Å². The maximum Gasteiger partial charge on any atom is 0.173 e. The van der Waals surface area contributed by atoms with Crippen molar-refractivity contribution in [3.05, 3.63) is 29.8 Å². The van der Waals surface area contributed by atoms with Gasteiger partial charge in [0.05, 0.1) is 0 Å². The van der Waals surface area contributed by atoms with E-state index in [1.807, 2.05) is 0 Å². The summed E-state index contributed by atoms with van der Waals surface area (Å²) in [6.07, 6.45) is 11.3. The summed E-state index contributed by atoms with van der Waals surface area (Å²) in [5.74, 6) is 0. The number of nitrogens with zero attached hydrogens (tertiary/aromatic N) is 1. The molecule has 0 unspecified atom stereocenters. The highest BCUT2D eigenvalue weighted by Crippen LogP contribution is 2.17. The lowest BCUT2D eigenvalue weighted by molar-refractivity contribution is 0.391. The molecule has 0 aliphatic heterocycles. The number of rotatable bonds is 12. The van der Waals surface area contributed by atoms with Crippen LogP contribution in [0.25, 0.3) is 0 Å². The van der Waals surface area contributed by atoms with Crippen LogP contribution in [0.5, 0.6) is 0 Å². The number of nitrogens with one attached hydrogen (secondary N) is 1. The molecular formula is C21H36N2S. The Morgan fingerprint density at radius 1 is 0.875 bits per heavy atom. The Hall–Kier alpha value is -1.09. The molecule has 1 N–H and O–H groups in total. The summed E-state index contributed by atoms with van der Waals surface area (Å²) >= 11 is 5.74. The molecule has 24 heavy (non-hydrogen) atoms. The third-order valence-electron chi connectivity index (χ3n) is 4.49. The van der Waals surface area contributed by atoms with Crippen molar-refractivity contribution < 1.29 is 0 Å². The molecule has 0 saturated carbocycles. The Balaban J connectivity index is 2.59. The minimum Gasteiger partial charge on any atom is -0.349 e. The first-order valence-corrected chi connectivity index (χ1v) is 10.3. The quantitative estimate of drug-likeness (QED) is 0.347. The highest BCUT2D eigenvalue weighted by atomic mass is 32.1. The van der Waals surface area contributed by atoms with E-state index in [-0.39, 0.29) is 0 Å². The molecule has 2 nitrogen and oxygen atoms in total. The average molecular weight is 349 g/mol. The smallest absolute Gasteiger partial charge is 0.173 e. The van der Waals surface area contributed by atoms with Crippen molar-refractivity contribution in [2.24, 2.45) is 0 Å². The van der Waals surface area contributed by atoms with E-state index in [2.05, 4.69) is 55.3 Å². The highest BCUT2D eigenvalue weighted by molar-refractivity contribution is 7.80. The minimum atomic E-state index is 0.892. The zero-order chi connectivity index (χ0) is 17.6. The summed E-state index contributed by atoms with van der Waals surface area (Å²) < 4.78 is 0. The van der Waals surface area contributed by atoms with Gasteiger partial charge in [0.25, 0.3) is 0 Å². The molecule has 0 spiro atoms. The Labute approximate surface area is 155 Å². The Morgan fingerprint density at radius 2 is 1.46 bits per heavy atom. The van der Waals surface area contributed by atoms with Crippen LogP contribution in [-0.2, 0) is 6.42 Å². The van der Waals surface area contributed by atoms with Gasteiger partial charge >= 0.3 is 0 Å². The molecular weight excluding hydrogens is 312 g/mol. The van der Waals surface area contributed by atoms with Crippen LogP contribution >= 0.6 is 12.2 Å². The van der Waals surface area contributed by atoms with Crippen molar-refractivity contribution >= 4 is 23.0 Å². The van der Waals surface area contributed by atoms with Crippen LogP contribution in [-0.4, -0.2) is 23.1 Å². The molecule has 0 amide bonds. The van der Waals surface area contributed by atoms with Gasteiger partial charge in [-0.1, -0.05) is 77.5 Å². The normalized spacial score (nSPS) is 10.6. The van der Waals surface area contributed by atoms with Crippen molar-refractivity contribution in [3.63, 3.8) is 0 Å². The molecule has 0 fully saturated rings. The number of hydrogen-bond acceptors (Lipinski definition) is 1. The molecule has 1 aromatic carbocycles. The Kier molecular flexibility index (Phi) is 11.5. The van der Waals surface area contributed by atoms with Gasteiger partial charge in [-0.15, -0.1) is 0 Å². The number of benzene rings is 1. The van der Waals surface area contributed by atoms with Crippen LogP contribution in [0, 0.1) is 0 Å². The van der Waals surface area contributed by atoms with Crippen LogP contribution in [0.2, 0.25) is 0 Å². The molecule has 1 rings (SSSR count). The summed E-state index contributed by atoms with van der Waals surface area (Å²) in [6.45, 7) is 8.86. The molecule has 0 aliphatic carbocycles. The molecule has 0 atom stereocenters. The zero-order valence-electron chi connectivity index (χ0n) is 15.9. The average Bonchev–Trinajstić information content (AvgIpc) is 2.60. The second-order valence-corrected chi connectivity index (χ2v) is 6.94. The second-order valence-electron chi connectivity index (χ2n) is 6.55. The largest absolute Gasteiger partial charge is 0.349 e. The molecule has 3 heteroatoms. The zero-order valence-corrected chi connectivity index (χ0v) is 16.8. The number of hydrogen-bond donors (Lipinski definition) is 1. The summed E-state index contributed by atoms with van der Waals surface area (Å²) in [6, 6.07) is 8.49. The van der Waals surface area contributed by atoms with Gasteiger partial charge in [-0.05, 0) is 43.1 Å². The van der Waals surface area contributed by atoms with E-state index in [0.29, 0.717) is 0 Å². The van der Waals surface area contributed by atoms with Gasteiger partial charge in [0.15, 0.2) is 5.11 Å². The van der Waals surface area contributed by atoms with E-state index < -0.39 is 0 Å². The number of para-hydroxylation sites is 1. The topological polar surface area (TPSA) is 15.3 Å². The maximum atomic E-state index is 5.74. The molecule has 0 bridgehead atoms. The van der Waals surface area contributed by atoms with Crippen molar-refractivity contribution in [2.45, 2.75) is 78.6 Å².